The van der Waals surface area contributed by atoms with E-state index in [0.717, 1.165) is 0 Å². The Balaban J connectivity index is 1.56. The number of carbonyl (C=O) groups excluding carboxylic acids is 5. The number of cyclic esters (lactones) is 1. The van der Waals surface area contributed by atoms with Crippen molar-refractivity contribution in [2.24, 2.45) is 34.3 Å². The van der Waals surface area contributed by atoms with Crippen LogP contribution >= 0.6 is 0 Å². The molecule has 1 saturated carbocycles. The minimum absolute atomic E-state index is 0.0111. The summed E-state index contributed by atoms with van der Waals surface area (Å²) in [6.45, 7) is 3.71. The Morgan fingerprint density at radius 2 is 1.82 bits per heavy atom. The number of esters is 3. The van der Waals surface area contributed by atoms with Gasteiger partial charge in [0.1, 0.15) is 6.10 Å². The number of amides is 1. The molecule has 0 spiro atoms. The number of nitrogens with two attached hydrogens (primary N) is 1. The number of rotatable bonds is 5. The van der Waals surface area contributed by atoms with Crippen molar-refractivity contribution in [3.05, 3.63) is 71.4 Å². The molecular formula is C29H29NO9. The molecule has 5 rings (SSSR count). The number of primary amides is 1. The molecule has 10 heteroatoms. The highest BCUT2D eigenvalue weighted by atomic mass is 16.6. The highest BCUT2D eigenvalue weighted by Gasteiger charge is 2.66. The molecule has 204 valence electrons. The van der Waals surface area contributed by atoms with Crippen LogP contribution in [-0.2, 0) is 28.6 Å². The lowest BCUT2D eigenvalue weighted by atomic mass is 9.44. The van der Waals surface area contributed by atoms with Crippen LogP contribution in [0.1, 0.15) is 65.5 Å². The molecule has 1 saturated heterocycles. The molecule has 2 N–H and O–H groups in total. The van der Waals surface area contributed by atoms with Crippen LogP contribution < -0.4 is 5.73 Å². The summed E-state index contributed by atoms with van der Waals surface area (Å²) in [5.41, 5.74) is 4.27. The van der Waals surface area contributed by atoms with Gasteiger partial charge in [-0.3, -0.25) is 19.2 Å². The zero-order chi connectivity index (χ0) is 28.1. The van der Waals surface area contributed by atoms with Gasteiger partial charge in [0.2, 0.25) is 11.7 Å². The first kappa shape index (κ1) is 26.4. The first-order valence-corrected chi connectivity index (χ1v) is 12.7. The highest BCUT2D eigenvalue weighted by Crippen LogP contribution is 2.64. The Morgan fingerprint density at radius 1 is 1.08 bits per heavy atom. The summed E-state index contributed by atoms with van der Waals surface area (Å²) in [4.78, 5) is 65.1. The van der Waals surface area contributed by atoms with Gasteiger partial charge < -0.3 is 24.4 Å². The average Bonchev–Trinajstić information content (AvgIpc) is 3.44. The number of allylic oxidation sites excluding steroid dienone is 1. The Morgan fingerprint density at radius 3 is 2.49 bits per heavy atom. The molecule has 6 atom stereocenters. The Hall–Kier alpha value is -4.21. The van der Waals surface area contributed by atoms with E-state index >= 15 is 0 Å². The van der Waals surface area contributed by atoms with Crippen molar-refractivity contribution >= 4 is 29.6 Å². The topological polar surface area (TPSA) is 152 Å². The lowest BCUT2D eigenvalue weighted by Gasteiger charge is -2.59. The van der Waals surface area contributed by atoms with Gasteiger partial charge in [0.15, 0.2) is 5.76 Å². The third-order valence-electron chi connectivity index (χ3n) is 8.74. The van der Waals surface area contributed by atoms with Gasteiger partial charge in [-0.15, -0.1) is 0 Å². The summed E-state index contributed by atoms with van der Waals surface area (Å²) in [6.07, 6.45) is 4.80. The number of Topliss-reactive ketones (excluding diaryl/α,β-unsaturated/α-hetero) is 1. The molecule has 1 aliphatic heterocycles. The molecular weight excluding hydrogens is 506 g/mol. The zero-order valence-electron chi connectivity index (χ0n) is 21.8. The fourth-order valence-electron chi connectivity index (χ4n) is 6.85. The fraction of sp³-hybridized carbons (Fsp3) is 0.414. The van der Waals surface area contributed by atoms with E-state index in [0.29, 0.717) is 24.8 Å². The molecule has 1 amide bonds. The van der Waals surface area contributed by atoms with Gasteiger partial charge in [-0.2, -0.15) is 0 Å². The average molecular weight is 536 g/mol. The maximum atomic E-state index is 14.2. The number of ketones is 1. The summed E-state index contributed by atoms with van der Waals surface area (Å²) in [7, 11) is 1.26. The molecule has 0 radical (unpaired) electrons. The number of furan rings is 1. The second kappa shape index (κ2) is 9.52. The van der Waals surface area contributed by atoms with Crippen molar-refractivity contribution in [2.45, 2.75) is 39.2 Å². The van der Waals surface area contributed by atoms with Gasteiger partial charge in [-0.05, 0) is 60.4 Å². The number of fused-ring (bicyclic) bond motifs is 3. The van der Waals surface area contributed by atoms with Crippen molar-refractivity contribution in [3.8, 4) is 0 Å². The maximum Gasteiger partial charge on any atom is 0.343 e. The van der Waals surface area contributed by atoms with Crippen molar-refractivity contribution in [3.63, 3.8) is 0 Å². The van der Waals surface area contributed by atoms with Crippen molar-refractivity contribution in [1.29, 1.82) is 0 Å². The molecule has 2 fully saturated rings. The molecule has 0 bridgehead atoms. The smallest absolute Gasteiger partial charge is 0.343 e. The lowest BCUT2D eigenvalue weighted by Crippen LogP contribution is -2.61. The van der Waals surface area contributed by atoms with E-state index in [2.05, 4.69) is 0 Å². The second-order valence-electron chi connectivity index (χ2n) is 11.0. The number of hydrogen-bond donors (Lipinski definition) is 1. The van der Waals surface area contributed by atoms with Crippen LogP contribution in [0.15, 0.2) is 59.1 Å². The third kappa shape index (κ3) is 4.24. The maximum absolute atomic E-state index is 14.2. The quantitative estimate of drug-likeness (QED) is 0.448. The van der Waals surface area contributed by atoms with Crippen LogP contribution in [0.25, 0.3) is 0 Å². The van der Waals surface area contributed by atoms with Crippen LogP contribution in [0, 0.1) is 28.6 Å². The van der Waals surface area contributed by atoms with E-state index in [1.807, 2.05) is 13.8 Å². The molecule has 0 unspecified atom stereocenters. The predicted octanol–water partition coefficient (Wildman–Crippen LogP) is 3.52. The summed E-state index contributed by atoms with van der Waals surface area (Å²) in [5, 5.41) is 0. The van der Waals surface area contributed by atoms with E-state index in [1.54, 1.807) is 6.07 Å². The summed E-state index contributed by atoms with van der Waals surface area (Å²) >= 11 is 0. The van der Waals surface area contributed by atoms with Crippen molar-refractivity contribution < 1.29 is 42.6 Å². The summed E-state index contributed by atoms with van der Waals surface area (Å²) in [6, 6.07) is 7.32. The van der Waals surface area contributed by atoms with Gasteiger partial charge in [0.05, 0.1) is 37.0 Å². The minimum Gasteiger partial charge on any atom is -0.472 e. The Bertz CT molecular complexity index is 1390. The largest absolute Gasteiger partial charge is 0.472 e. The van der Waals surface area contributed by atoms with Crippen LogP contribution in [-0.4, -0.2) is 36.7 Å². The van der Waals surface area contributed by atoms with Crippen LogP contribution in [0.2, 0.25) is 0 Å². The molecule has 1 aromatic carbocycles. The van der Waals surface area contributed by atoms with Crippen LogP contribution in [0.4, 0.5) is 0 Å². The van der Waals surface area contributed by atoms with Crippen molar-refractivity contribution in [1.82, 2.24) is 0 Å². The molecule has 2 aliphatic carbocycles. The zero-order valence-corrected chi connectivity index (χ0v) is 21.8. The number of benzene rings is 1. The number of carbonyl (C=O) groups is 5. The van der Waals surface area contributed by atoms with Crippen LogP contribution in [0.3, 0.4) is 0 Å². The standard InChI is InChI=1S/C29H29NO9/c1-28-9-7-18-27(35)39-21(17-8-10-37-14-17)13-29(18,2)23(28)22(31)20(12-19(28)26(34)36-3)38-25(33)16-6-4-5-15(11-16)24(30)32/h4-6,8,10-12,14,18-19,21,23H,7,9,13H2,1-3H3,(H2,30,32)/t18-,19-,21-,23-,28-,29-/m0/s1. The van der Waals surface area contributed by atoms with E-state index in [4.69, 9.17) is 24.4 Å². The molecule has 1 aromatic heterocycles. The van der Waals surface area contributed by atoms with Gasteiger partial charge in [0.25, 0.3) is 0 Å². The Kier molecular flexibility index (Phi) is 6.44. The Labute approximate surface area is 224 Å². The molecule has 2 heterocycles. The SMILES string of the molecule is COC(=O)[C@@H]1C=C(OC(=O)c2cccc(C(N)=O)c2)C(=O)[C@H]2[C@@]1(C)CC[C@H]1C(=O)O[C@H](c3ccoc3)C[C@]21C. The first-order chi connectivity index (χ1) is 18.5. The molecule has 10 nitrogen and oxygen atoms in total. The second-order valence-corrected chi connectivity index (χ2v) is 11.0. The summed E-state index contributed by atoms with van der Waals surface area (Å²) in [5.74, 6) is -5.76. The van der Waals surface area contributed by atoms with Gasteiger partial charge >= 0.3 is 17.9 Å². The number of ether oxygens (including phenoxy) is 3. The highest BCUT2D eigenvalue weighted by molar-refractivity contribution is 6.04. The predicted molar refractivity (Wildman–Crippen MR) is 134 cm³/mol. The van der Waals surface area contributed by atoms with E-state index in [9.17, 15) is 24.0 Å². The van der Waals surface area contributed by atoms with Gasteiger partial charge in [-0.25, -0.2) is 4.79 Å². The third-order valence-corrected chi connectivity index (χ3v) is 8.74. The van der Waals surface area contributed by atoms with Crippen LogP contribution in [0.5, 0.6) is 0 Å². The molecule has 39 heavy (non-hydrogen) atoms. The van der Waals surface area contributed by atoms with E-state index in [1.165, 1.54) is 50.0 Å². The fourth-order valence-corrected chi connectivity index (χ4v) is 6.85. The first-order valence-electron chi connectivity index (χ1n) is 12.7. The van der Waals surface area contributed by atoms with Gasteiger partial charge in [0, 0.05) is 17.0 Å². The normalized spacial score (nSPS) is 31.7. The van der Waals surface area contributed by atoms with Crippen molar-refractivity contribution in [2.75, 3.05) is 7.11 Å². The summed E-state index contributed by atoms with van der Waals surface area (Å²) < 4.78 is 21.6. The monoisotopic (exact) mass is 535 g/mol. The van der Waals surface area contributed by atoms with Gasteiger partial charge in [-0.1, -0.05) is 19.9 Å². The number of methoxy groups -OCH3 is 1. The molecule has 2 aromatic rings. The minimum atomic E-state index is -0.925. The lowest BCUT2D eigenvalue weighted by molar-refractivity contribution is -0.197. The number of hydrogen-bond acceptors (Lipinski definition) is 9. The van der Waals surface area contributed by atoms with E-state index in [-0.39, 0.29) is 16.9 Å². The molecule has 3 aliphatic rings. The van der Waals surface area contributed by atoms with E-state index < -0.39 is 64.3 Å².